The Morgan fingerprint density at radius 1 is 1.17 bits per heavy atom. The number of hydroxylamine groups is 3. The monoisotopic (exact) mass is 310 g/mol. The maximum Gasteiger partial charge on any atom is 0.351 e. The largest absolute Gasteiger partial charge is 0.620 e. The lowest BCUT2D eigenvalue weighted by molar-refractivity contribution is -0.780. The molecule has 1 aliphatic carbocycles. The highest BCUT2D eigenvalue weighted by molar-refractivity contribution is 5.99. The number of aryl methyl sites for hydroxylation is 1. The van der Waals surface area contributed by atoms with Crippen LogP contribution in [-0.2, 0) is 6.42 Å². The zero-order chi connectivity index (χ0) is 15.6. The molecular formula is C19H22N2O2. The van der Waals surface area contributed by atoms with Crippen molar-refractivity contribution >= 4 is 11.5 Å². The summed E-state index contributed by atoms with van der Waals surface area (Å²) in [5.74, 6) is 0.165. The third-order valence-corrected chi connectivity index (χ3v) is 6.37. The van der Waals surface area contributed by atoms with Crippen LogP contribution in [0.15, 0.2) is 24.4 Å². The van der Waals surface area contributed by atoms with E-state index >= 15 is 0 Å². The summed E-state index contributed by atoms with van der Waals surface area (Å²) >= 11 is 0. The summed E-state index contributed by atoms with van der Waals surface area (Å²) in [6.07, 6.45) is 6.94. The van der Waals surface area contributed by atoms with Crippen molar-refractivity contribution in [2.24, 2.45) is 5.92 Å². The molecule has 4 heterocycles. The van der Waals surface area contributed by atoms with Gasteiger partial charge < -0.3 is 5.21 Å². The van der Waals surface area contributed by atoms with E-state index in [9.17, 15) is 10.0 Å². The van der Waals surface area contributed by atoms with Crippen molar-refractivity contribution in [3.8, 4) is 0 Å². The minimum absolute atomic E-state index is 0.115. The summed E-state index contributed by atoms with van der Waals surface area (Å²) in [5, 5.41) is 13.8. The Hall–Kier alpha value is -1.49. The first-order valence-corrected chi connectivity index (χ1v) is 8.87. The molecule has 0 aromatic heterocycles. The lowest BCUT2D eigenvalue weighted by Gasteiger charge is -2.54. The lowest BCUT2D eigenvalue weighted by atomic mass is 9.79. The average Bonchev–Trinajstić information content (AvgIpc) is 2.61. The van der Waals surface area contributed by atoms with Gasteiger partial charge in [0.2, 0.25) is 0 Å². The molecule has 0 saturated carbocycles. The molecule has 3 saturated heterocycles. The molecule has 6 rings (SSSR count). The smallest absolute Gasteiger partial charge is 0.351 e. The topological polar surface area (TPSA) is 43.4 Å². The first-order chi connectivity index (χ1) is 11.2. The molecule has 1 amide bonds. The molecular weight excluding hydrogens is 288 g/mol. The highest BCUT2D eigenvalue weighted by Gasteiger charge is 2.49. The van der Waals surface area contributed by atoms with Gasteiger partial charge in [0.15, 0.2) is 0 Å². The van der Waals surface area contributed by atoms with Crippen molar-refractivity contribution in [2.45, 2.75) is 38.1 Å². The summed E-state index contributed by atoms with van der Waals surface area (Å²) in [7, 11) is 0. The fraction of sp³-hybridized carbons (Fsp3) is 0.526. The van der Waals surface area contributed by atoms with Crippen LogP contribution in [0.25, 0.3) is 5.57 Å². The molecule has 23 heavy (non-hydrogen) atoms. The molecule has 2 atom stereocenters. The van der Waals surface area contributed by atoms with E-state index < -0.39 is 4.65 Å². The number of nitrogens with zero attached hydrogens (tertiary/aromatic N) is 2. The third-order valence-electron chi connectivity index (χ3n) is 6.37. The van der Waals surface area contributed by atoms with Gasteiger partial charge in [0.05, 0.1) is 12.1 Å². The van der Waals surface area contributed by atoms with Crippen molar-refractivity contribution in [1.82, 2.24) is 4.90 Å². The van der Waals surface area contributed by atoms with Gasteiger partial charge in [0.25, 0.3) is 0 Å². The molecule has 120 valence electrons. The van der Waals surface area contributed by atoms with Crippen LogP contribution in [0.5, 0.6) is 0 Å². The molecule has 1 aromatic rings. The molecule has 3 fully saturated rings. The number of amides is 1. The Kier molecular flexibility index (Phi) is 2.88. The minimum Gasteiger partial charge on any atom is -0.620 e. The first kappa shape index (κ1) is 13.9. The molecule has 4 nitrogen and oxygen atoms in total. The van der Waals surface area contributed by atoms with E-state index in [1.165, 1.54) is 5.56 Å². The highest BCUT2D eigenvalue weighted by atomic mass is 16.6. The van der Waals surface area contributed by atoms with Gasteiger partial charge in [-0.25, -0.2) is 4.79 Å². The van der Waals surface area contributed by atoms with Crippen LogP contribution >= 0.6 is 0 Å². The normalized spacial score (nSPS) is 38.2. The van der Waals surface area contributed by atoms with E-state index in [2.05, 4.69) is 11.0 Å². The highest BCUT2D eigenvalue weighted by Crippen LogP contribution is 2.44. The maximum atomic E-state index is 13.8. The molecule has 0 spiro atoms. The van der Waals surface area contributed by atoms with Crippen LogP contribution in [0.2, 0.25) is 0 Å². The van der Waals surface area contributed by atoms with E-state index in [-0.39, 0.29) is 11.9 Å². The van der Waals surface area contributed by atoms with Crippen molar-refractivity contribution in [1.29, 1.82) is 0 Å². The van der Waals surface area contributed by atoms with Crippen molar-refractivity contribution < 1.29 is 9.44 Å². The zero-order valence-corrected chi connectivity index (χ0v) is 13.3. The van der Waals surface area contributed by atoms with E-state index in [0.717, 1.165) is 62.9 Å². The molecule has 4 heteroatoms. The van der Waals surface area contributed by atoms with Crippen LogP contribution in [0.4, 0.5) is 0 Å². The second-order valence-electron chi connectivity index (χ2n) is 7.57. The SMILES string of the molecule is O=C1c2cccc3c2C(=C[N+]1([O-])[C@@H]1CN2CCC1CC2)CCC3. The Labute approximate surface area is 136 Å². The standard InChI is InChI=1S/C19H22N2O2/c22-19-16-6-2-4-14-3-1-5-15(18(14)16)12-21(19,23)17-11-20-9-7-13(17)8-10-20/h2,4,6,12-13,17H,1,3,5,7-11H2/t17-,21?/m1/s1. The van der Waals surface area contributed by atoms with Crippen LogP contribution in [-0.4, -0.2) is 41.1 Å². The lowest BCUT2D eigenvalue weighted by Crippen LogP contribution is -2.64. The molecule has 0 radical (unpaired) electrons. The first-order valence-electron chi connectivity index (χ1n) is 8.87. The number of carbonyl (C=O) groups excluding carboxylic acids is 1. The quantitative estimate of drug-likeness (QED) is 0.592. The minimum atomic E-state index is -0.743. The number of piperidine rings is 3. The van der Waals surface area contributed by atoms with Crippen molar-refractivity contribution in [3.63, 3.8) is 0 Å². The number of allylic oxidation sites excluding steroid dienone is 1. The van der Waals surface area contributed by atoms with Crippen LogP contribution in [0.3, 0.4) is 0 Å². The summed E-state index contributed by atoms with van der Waals surface area (Å²) < 4.78 is -0.743. The van der Waals surface area contributed by atoms with Gasteiger partial charge in [-0.3, -0.25) is 9.55 Å². The van der Waals surface area contributed by atoms with Gasteiger partial charge in [-0.1, -0.05) is 12.1 Å². The van der Waals surface area contributed by atoms with Gasteiger partial charge in [0.1, 0.15) is 12.2 Å². The summed E-state index contributed by atoms with van der Waals surface area (Å²) in [4.78, 5) is 15.5. The van der Waals surface area contributed by atoms with E-state index in [0.29, 0.717) is 11.5 Å². The predicted molar refractivity (Wildman–Crippen MR) is 88.3 cm³/mol. The summed E-state index contributed by atoms with van der Waals surface area (Å²) in [6.45, 7) is 2.96. The van der Waals surface area contributed by atoms with Crippen molar-refractivity contribution in [3.05, 3.63) is 46.3 Å². The Morgan fingerprint density at radius 2 is 2.00 bits per heavy atom. The molecule has 2 bridgehead atoms. The second kappa shape index (κ2) is 4.76. The maximum absolute atomic E-state index is 13.8. The number of benzene rings is 1. The Balaban J connectivity index is 1.64. The molecule has 4 aliphatic heterocycles. The fourth-order valence-corrected chi connectivity index (χ4v) is 5.18. The predicted octanol–water partition coefficient (Wildman–Crippen LogP) is 2.93. The van der Waals surface area contributed by atoms with Gasteiger partial charge in [0, 0.05) is 17.1 Å². The molecule has 1 unspecified atom stereocenters. The van der Waals surface area contributed by atoms with E-state index in [1.54, 1.807) is 6.20 Å². The summed E-state index contributed by atoms with van der Waals surface area (Å²) in [6, 6.07) is 5.81. The fourth-order valence-electron chi connectivity index (χ4n) is 5.18. The molecule has 1 aromatic carbocycles. The second-order valence-corrected chi connectivity index (χ2v) is 7.57. The number of rotatable bonds is 1. The number of quaternary nitrogens is 1. The van der Waals surface area contributed by atoms with Crippen LogP contribution < -0.4 is 0 Å². The van der Waals surface area contributed by atoms with Crippen molar-refractivity contribution in [2.75, 3.05) is 19.6 Å². The Morgan fingerprint density at radius 3 is 2.74 bits per heavy atom. The number of hydrogen-bond donors (Lipinski definition) is 0. The molecule has 0 N–H and O–H groups in total. The zero-order valence-electron chi connectivity index (χ0n) is 13.3. The van der Waals surface area contributed by atoms with Crippen LogP contribution in [0, 0.1) is 11.1 Å². The number of hydrogen-bond acceptors (Lipinski definition) is 3. The van der Waals surface area contributed by atoms with Gasteiger partial charge in [-0.2, -0.15) is 0 Å². The van der Waals surface area contributed by atoms with E-state index in [4.69, 9.17) is 0 Å². The third kappa shape index (κ3) is 1.86. The van der Waals surface area contributed by atoms with E-state index in [1.807, 2.05) is 12.1 Å². The number of carbonyl (C=O) groups is 1. The van der Waals surface area contributed by atoms with Gasteiger partial charge in [-0.15, -0.1) is 0 Å². The summed E-state index contributed by atoms with van der Waals surface area (Å²) in [5.41, 5.74) is 4.11. The number of fused-ring (bicyclic) bond motifs is 3. The Bertz CT molecular complexity index is 718. The molecule has 5 aliphatic rings. The van der Waals surface area contributed by atoms with Gasteiger partial charge in [-0.05, 0) is 56.8 Å². The van der Waals surface area contributed by atoms with Gasteiger partial charge >= 0.3 is 5.91 Å². The average molecular weight is 310 g/mol. The van der Waals surface area contributed by atoms with Crippen LogP contribution in [0.1, 0.15) is 47.2 Å².